The molecule has 2 aromatic rings. The Kier molecular flexibility index (Phi) is 3.22. The Hall–Kier alpha value is -1.87. The molecule has 0 bridgehead atoms. The fraction of sp³-hybridized carbons (Fsp3) is 0.294. The Bertz CT molecular complexity index is 653. The Labute approximate surface area is 118 Å². The van der Waals surface area contributed by atoms with Gasteiger partial charge in [-0.2, -0.15) is 0 Å². The molecule has 3 heteroatoms. The minimum Gasteiger partial charge on any atom is -0.485 e. The second-order valence-corrected chi connectivity index (χ2v) is 5.50. The van der Waals surface area contributed by atoms with Crippen molar-refractivity contribution in [3.8, 4) is 5.75 Å². The predicted molar refractivity (Wildman–Crippen MR) is 77.2 cm³/mol. The molecule has 2 aromatic carbocycles. The fourth-order valence-electron chi connectivity index (χ4n) is 2.64. The zero-order valence-corrected chi connectivity index (χ0v) is 11.7. The van der Waals surface area contributed by atoms with Crippen molar-refractivity contribution in [3.05, 3.63) is 64.5 Å². The van der Waals surface area contributed by atoms with E-state index in [1.807, 2.05) is 25.1 Å². The first-order chi connectivity index (χ1) is 9.54. The molecule has 20 heavy (non-hydrogen) atoms. The Morgan fingerprint density at radius 3 is 2.70 bits per heavy atom. The highest BCUT2D eigenvalue weighted by molar-refractivity contribution is 5.42. The van der Waals surface area contributed by atoms with Crippen LogP contribution in [0.5, 0.6) is 5.75 Å². The van der Waals surface area contributed by atoms with Crippen molar-refractivity contribution in [2.24, 2.45) is 5.73 Å². The van der Waals surface area contributed by atoms with Crippen molar-refractivity contribution in [3.63, 3.8) is 0 Å². The maximum absolute atomic E-state index is 13.7. The summed E-state index contributed by atoms with van der Waals surface area (Å²) in [4.78, 5) is 0. The topological polar surface area (TPSA) is 35.2 Å². The molecule has 1 aliphatic heterocycles. The third-order valence-electron chi connectivity index (χ3n) is 3.87. The molecule has 3 rings (SSSR count). The molecule has 0 saturated carbocycles. The van der Waals surface area contributed by atoms with Gasteiger partial charge in [-0.25, -0.2) is 4.39 Å². The Morgan fingerprint density at radius 2 is 1.95 bits per heavy atom. The van der Waals surface area contributed by atoms with E-state index >= 15 is 0 Å². The van der Waals surface area contributed by atoms with Crippen LogP contribution >= 0.6 is 0 Å². The molecule has 2 N–H and O–H groups in total. The zero-order chi connectivity index (χ0) is 14.3. The van der Waals surface area contributed by atoms with Crippen LogP contribution in [0.25, 0.3) is 0 Å². The second-order valence-electron chi connectivity index (χ2n) is 5.50. The number of aryl methyl sites for hydroxylation is 2. The lowest BCUT2D eigenvalue weighted by molar-refractivity contribution is 0.161. The van der Waals surface area contributed by atoms with Gasteiger partial charge in [0.05, 0.1) is 0 Å². The molecule has 1 heterocycles. The van der Waals surface area contributed by atoms with Gasteiger partial charge in [-0.05, 0) is 37.1 Å². The molecule has 0 amide bonds. The van der Waals surface area contributed by atoms with Gasteiger partial charge >= 0.3 is 0 Å². The smallest absolute Gasteiger partial charge is 0.126 e. The van der Waals surface area contributed by atoms with Crippen molar-refractivity contribution in [1.29, 1.82) is 0 Å². The van der Waals surface area contributed by atoms with Crippen LogP contribution in [0.3, 0.4) is 0 Å². The molecule has 0 aliphatic carbocycles. The standard InChI is InChI=1S/C17H18FNO/c1-10-3-6-16-13(7-10)15(19)9-17(20-16)12-5-4-11(2)14(18)8-12/h3-8,15,17H,9,19H2,1-2H3. The largest absolute Gasteiger partial charge is 0.485 e. The van der Waals surface area contributed by atoms with Gasteiger partial charge in [-0.1, -0.05) is 29.8 Å². The van der Waals surface area contributed by atoms with Crippen LogP contribution in [-0.2, 0) is 0 Å². The average molecular weight is 271 g/mol. The number of hydrogen-bond acceptors (Lipinski definition) is 2. The van der Waals surface area contributed by atoms with Crippen LogP contribution in [0.4, 0.5) is 4.39 Å². The van der Waals surface area contributed by atoms with Crippen LogP contribution in [0, 0.1) is 19.7 Å². The molecule has 1 aliphatic rings. The number of ether oxygens (including phenoxy) is 1. The van der Waals surface area contributed by atoms with Gasteiger partial charge in [0.2, 0.25) is 0 Å². The number of halogens is 1. The highest BCUT2D eigenvalue weighted by atomic mass is 19.1. The van der Waals surface area contributed by atoms with Gasteiger partial charge in [0.1, 0.15) is 17.7 Å². The first-order valence-corrected chi connectivity index (χ1v) is 6.83. The lowest BCUT2D eigenvalue weighted by Gasteiger charge is -2.31. The third-order valence-corrected chi connectivity index (χ3v) is 3.87. The number of rotatable bonds is 1. The monoisotopic (exact) mass is 271 g/mol. The molecular formula is C17H18FNO. The van der Waals surface area contributed by atoms with E-state index < -0.39 is 0 Å². The first-order valence-electron chi connectivity index (χ1n) is 6.83. The molecule has 0 radical (unpaired) electrons. The molecule has 0 aromatic heterocycles. The zero-order valence-electron chi connectivity index (χ0n) is 11.7. The van der Waals surface area contributed by atoms with Crippen molar-refractivity contribution in [2.45, 2.75) is 32.4 Å². The van der Waals surface area contributed by atoms with Gasteiger partial charge in [0, 0.05) is 18.0 Å². The predicted octanol–water partition coefficient (Wildman–Crippen LogP) is 3.97. The molecular weight excluding hydrogens is 253 g/mol. The summed E-state index contributed by atoms with van der Waals surface area (Å²) in [5.41, 5.74) is 9.93. The summed E-state index contributed by atoms with van der Waals surface area (Å²) in [6, 6.07) is 11.2. The van der Waals surface area contributed by atoms with Crippen molar-refractivity contribution in [2.75, 3.05) is 0 Å². The quantitative estimate of drug-likeness (QED) is 0.852. The Balaban J connectivity index is 1.94. The minimum absolute atomic E-state index is 0.0759. The van der Waals surface area contributed by atoms with Crippen molar-refractivity contribution in [1.82, 2.24) is 0 Å². The van der Waals surface area contributed by atoms with E-state index in [9.17, 15) is 4.39 Å². The van der Waals surface area contributed by atoms with E-state index in [2.05, 4.69) is 6.07 Å². The van der Waals surface area contributed by atoms with Crippen LogP contribution < -0.4 is 10.5 Å². The van der Waals surface area contributed by atoms with Crippen LogP contribution in [-0.4, -0.2) is 0 Å². The van der Waals surface area contributed by atoms with E-state index in [1.165, 1.54) is 5.56 Å². The summed E-state index contributed by atoms with van der Waals surface area (Å²) in [6.45, 7) is 3.79. The summed E-state index contributed by atoms with van der Waals surface area (Å²) in [7, 11) is 0. The van der Waals surface area contributed by atoms with Gasteiger partial charge in [-0.3, -0.25) is 0 Å². The molecule has 0 spiro atoms. The number of nitrogens with two attached hydrogens (primary N) is 1. The summed E-state index contributed by atoms with van der Waals surface area (Å²) in [5, 5.41) is 0. The number of benzene rings is 2. The van der Waals surface area contributed by atoms with E-state index in [0.29, 0.717) is 12.0 Å². The molecule has 2 nitrogen and oxygen atoms in total. The normalized spacial score (nSPS) is 21.2. The molecule has 2 unspecified atom stereocenters. The SMILES string of the molecule is Cc1ccc2c(c1)C(N)CC(c1ccc(C)c(F)c1)O2. The van der Waals surface area contributed by atoms with Crippen molar-refractivity contribution < 1.29 is 9.13 Å². The van der Waals surface area contributed by atoms with Gasteiger partial charge < -0.3 is 10.5 Å². The van der Waals surface area contributed by atoms with E-state index in [-0.39, 0.29) is 18.0 Å². The van der Waals surface area contributed by atoms with Crippen LogP contribution in [0.15, 0.2) is 36.4 Å². The van der Waals surface area contributed by atoms with E-state index in [0.717, 1.165) is 16.9 Å². The van der Waals surface area contributed by atoms with Crippen molar-refractivity contribution >= 4 is 0 Å². The van der Waals surface area contributed by atoms with E-state index in [1.54, 1.807) is 19.1 Å². The third kappa shape index (κ3) is 2.29. The molecule has 104 valence electrons. The van der Waals surface area contributed by atoms with Gasteiger partial charge in [-0.15, -0.1) is 0 Å². The highest BCUT2D eigenvalue weighted by Gasteiger charge is 2.27. The summed E-state index contributed by atoms with van der Waals surface area (Å²) < 4.78 is 19.7. The fourth-order valence-corrected chi connectivity index (χ4v) is 2.64. The first kappa shape index (κ1) is 13.1. The lowest BCUT2D eigenvalue weighted by Crippen LogP contribution is -2.24. The molecule has 0 fully saturated rings. The molecule has 0 saturated heterocycles. The summed E-state index contributed by atoms with van der Waals surface area (Å²) >= 11 is 0. The minimum atomic E-state index is -0.200. The van der Waals surface area contributed by atoms with Crippen LogP contribution in [0.2, 0.25) is 0 Å². The maximum atomic E-state index is 13.7. The lowest BCUT2D eigenvalue weighted by atomic mass is 9.92. The Morgan fingerprint density at radius 1 is 1.15 bits per heavy atom. The van der Waals surface area contributed by atoms with Crippen LogP contribution in [0.1, 0.15) is 40.8 Å². The molecule has 2 atom stereocenters. The maximum Gasteiger partial charge on any atom is 0.126 e. The highest BCUT2D eigenvalue weighted by Crippen LogP contribution is 2.40. The summed E-state index contributed by atoms with van der Waals surface area (Å²) in [6.07, 6.45) is 0.481. The van der Waals surface area contributed by atoms with Gasteiger partial charge in [0.15, 0.2) is 0 Å². The van der Waals surface area contributed by atoms with E-state index in [4.69, 9.17) is 10.5 Å². The second kappa shape index (κ2) is 4.91. The van der Waals surface area contributed by atoms with Gasteiger partial charge in [0.25, 0.3) is 0 Å². The number of fused-ring (bicyclic) bond motifs is 1. The average Bonchev–Trinajstić information content (AvgIpc) is 2.42. The number of hydrogen-bond donors (Lipinski definition) is 1. The summed E-state index contributed by atoms with van der Waals surface area (Å²) in [5.74, 6) is 0.606.